The van der Waals surface area contributed by atoms with Gasteiger partial charge in [0, 0.05) is 23.7 Å². The van der Waals surface area contributed by atoms with Gasteiger partial charge in [0.05, 0.1) is 11.8 Å². The maximum atomic E-state index is 11.3. The summed E-state index contributed by atoms with van der Waals surface area (Å²) >= 11 is 1.54. The normalized spacial score (nSPS) is 9.05. The van der Waals surface area contributed by atoms with Gasteiger partial charge in [-0.25, -0.2) is 4.98 Å². The molecule has 2 aromatic rings. The summed E-state index contributed by atoms with van der Waals surface area (Å²) in [5.74, 6) is -0.304. The van der Waals surface area contributed by atoms with Crippen LogP contribution in [0.5, 0.6) is 0 Å². The number of aromatic nitrogens is 1. The standard InChI is InChI=1S/C13H12N4OS.C2H6/c1-15-13-17-11(8-19-13)9-2-4-10(5-3-9)16-12(18)6-7-14;1-2/h2-5,8H,6H2,1H3,(H,15,17)(H,16,18);1-2H3. The molecule has 1 amide bonds. The Morgan fingerprint density at radius 1 is 1.33 bits per heavy atom. The molecule has 0 unspecified atom stereocenters. The molecule has 0 spiro atoms. The predicted molar refractivity (Wildman–Crippen MR) is 87.3 cm³/mol. The summed E-state index contributed by atoms with van der Waals surface area (Å²) in [5.41, 5.74) is 2.55. The Labute approximate surface area is 128 Å². The molecule has 1 heterocycles. The molecule has 0 bridgehead atoms. The fourth-order valence-corrected chi connectivity index (χ4v) is 2.20. The van der Waals surface area contributed by atoms with Crippen LogP contribution >= 0.6 is 11.3 Å². The number of amides is 1. The lowest BCUT2D eigenvalue weighted by molar-refractivity contribution is -0.115. The lowest BCUT2D eigenvalue weighted by Gasteiger charge is -2.03. The van der Waals surface area contributed by atoms with Crippen LogP contribution in [0.15, 0.2) is 29.6 Å². The fraction of sp³-hybridized carbons (Fsp3) is 0.267. The molecule has 0 atom stereocenters. The molecule has 21 heavy (non-hydrogen) atoms. The Hall–Kier alpha value is -2.39. The first kappa shape index (κ1) is 16.7. The van der Waals surface area contributed by atoms with Gasteiger partial charge in [0.25, 0.3) is 0 Å². The van der Waals surface area contributed by atoms with Crippen molar-refractivity contribution in [3.63, 3.8) is 0 Å². The molecule has 0 aliphatic carbocycles. The maximum absolute atomic E-state index is 11.3. The topological polar surface area (TPSA) is 77.8 Å². The van der Waals surface area contributed by atoms with Crippen molar-refractivity contribution in [2.45, 2.75) is 20.3 Å². The second kappa shape index (κ2) is 8.72. The Kier molecular flexibility index (Phi) is 6.92. The van der Waals surface area contributed by atoms with Gasteiger partial charge in [0.15, 0.2) is 5.13 Å². The van der Waals surface area contributed by atoms with Crippen LogP contribution in [0.4, 0.5) is 10.8 Å². The molecule has 6 heteroatoms. The van der Waals surface area contributed by atoms with Gasteiger partial charge >= 0.3 is 0 Å². The van der Waals surface area contributed by atoms with Crippen LogP contribution in [0, 0.1) is 11.3 Å². The molecule has 0 aliphatic rings. The molecule has 0 radical (unpaired) electrons. The van der Waals surface area contributed by atoms with Gasteiger partial charge in [-0.3, -0.25) is 4.79 Å². The van der Waals surface area contributed by atoms with E-state index < -0.39 is 0 Å². The number of anilines is 2. The van der Waals surface area contributed by atoms with Crippen molar-refractivity contribution >= 4 is 28.1 Å². The van der Waals surface area contributed by atoms with Gasteiger partial charge in [-0.15, -0.1) is 11.3 Å². The lowest BCUT2D eigenvalue weighted by atomic mass is 10.1. The van der Waals surface area contributed by atoms with E-state index in [9.17, 15) is 4.79 Å². The van der Waals surface area contributed by atoms with Gasteiger partial charge in [-0.2, -0.15) is 5.26 Å². The average molecular weight is 302 g/mol. The third-order valence-corrected chi connectivity index (χ3v) is 3.28. The van der Waals surface area contributed by atoms with Crippen LogP contribution < -0.4 is 10.6 Å². The van der Waals surface area contributed by atoms with Crippen molar-refractivity contribution in [3.8, 4) is 17.3 Å². The third kappa shape index (κ3) is 4.89. The van der Waals surface area contributed by atoms with E-state index in [0.29, 0.717) is 5.69 Å². The van der Waals surface area contributed by atoms with E-state index in [1.807, 2.05) is 38.4 Å². The molecule has 5 nitrogen and oxygen atoms in total. The van der Waals surface area contributed by atoms with Crippen LogP contribution in [0.25, 0.3) is 11.3 Å². The molecule has 2 N–H and O–H groups in total. The van der Waals surface area contributed by atoms with Crippen LogP contribution in [-0.2, 0) is 4.79 Å². The quantitative estimate of drug-likeness (QED) is 0.902. The maximum Gasteiger partial charge on any atom is 0.238 e. The van der Waals surface area contributed by atoms with E-state index in [1.165, 1.54) is 11.3 Å². The minimum atomic E-state index is -0.304. The second-order valence-electron chi connectivity index (χ2n) is 3.75. The van der Waals surface area contributed by atoms with Crippen molar-refractivity contribution in [3.05, 3.63) is 29.6 Å². The Morgan fingerprint density at radius 2 is 2.00 bits per heavy atom. The van der Waals surface area contributed by atoms with Gasteiger partial charge in [-0.1, -0.05) is 26.0 Å². The molecular weight excluding hydrogens is 284 g/mol. The summed E-state index contributed by atoms with van der Waals surface area (Å²) in [5, 5.41) is 16.9. The number of nitrogens with one attached hydrogen (secondary N) is 2. The molecule has 1 aromatic carbocycles. The average Bonchev–Trinajstić information content (AvgIpc) is 2.99. The van der Waals surface area contributed by atoms with E-state index in [0.717, 1.165) is 16.4 Å². The van der Waals surface area contributed by atoms with E-state index >= 15 is 0 Å². The highest BCUT2D eigenvalue weighted by molar-refractivity contribution is 7.14. The first-order chi connectivity index (χ1) is 10.2. The minimum absolute atomic E-state index is 0.140. The molecule has 1 aromatic heterocycles. The van der Waals surface area contributed by atoms with Crippen molar-refractivity contribution in [1.29, 1.82) is 5.26 Å². The number of nitrogens with zero attached hydrogens (tertiary/aromatic N) is 2. The first-order valence-electron chi connectivity index (χ1n) is 6.63. The smallest absolute Gasteiger partial charge is 0.238 e. The zero-order valence-corrected chi connectivity index (χ0v) is 13.1. The molecule has 0 saturated carbocycles. The van der Waals surface area contributed by atoms with Crippen LogP contribution in [0.2, 0.25) is 0 Å². The lowest BCUT2D eigenvalue weighted by Crippen LogP contribution is -2.09. The monoisotopic (exact) mass is 302 g/mol. The highest BCUT2D eigenvalue weighted by atomic mass is 32.1. The summed E-state index contributed by atoms with van der Waals surface area (Å²) in [4.78, 5) is 15.7. The van der Waals surface area contributed by atoms with Crippen molar-refractivity contribution in [2.75, 3.05) is 17.7 Å². The van der Waals surface area contributed by atoms with Gasteiger partial charge in [0.1, 0.15) is 6.42 Å². The molecule has 0 aliphatic heterocycles. The molecule has 110 valence electrons. The van der Waals surface area contributed by atoms with Crippen LogP contribution in [-0.4, -0.2) is 17.9 Å². The Bertz CT molecular complexity index is 613. The van der Waals surface area contributed by atoms with Crippen molar-refractivity contribution < 1.29 is 4.79 Å². The van der Waals surface area contributed by atoms with E-state index in [1.54, 1.807) is 18.2 Å². The largest absolute Gasteiger partial charge is 0.365 e. The van der Waals surface area contributed by atoms with Gasteiger partial charge in [0.2, 0.25) is 5.91 Å². The summed E-state index contributed by atoms with van der Waals surface area (Å²) < 4.78 is 0. The number of hydrogen-bond donors (Lipinski definition) is 2. The number of rotatable bonds is 4. The number of carbonyl (C=O) groups is 1. The molecule has 2 rings (SSSR count). The third-order valence-electron chi connectivity index (χ3n) is 2.42. The van der Waals surface area contributed by atoms with E-state index in [4.69, 9.17) is 5.26 Å². The molecular formula is C15H18N4OS. The SMILES string of the molecule is CC.CNc1nc(-c2ccc(NC(=O)CC#N)cc2)cs1. The van der Waals surface area contributed by atoms with Gasteiger partial charge in [-0.05, 0) is 12.1 Å². The van der Waals surface area contributed by atoms with Crippen molar-refractivity contribution in [1.82, 2.24) is 4.98 Å². The number of nitriles is 1. The van der Waals surface area contributed by atoms with Crippen LogP contribution in [0.1, 0.15) is 20.3 Å². The highest BCUT2D eigenvalue weighted by Crippen LogP contribution is 2.25. The highest BCUT2D eigenvalue weighted by Gasteiger charge is 2.05. The van der Waals surface area contributed by atoms with E-state index in [2.05, 4.69) is 15.6 Å². The summed E-state index contributed by atoms with van der Waals surface area (Å²) in [6.07, 6.45) is -0.140. The van der Waals surface area contributed by atoms with Gasteiger partial charge < -0.3 is 10.6 Å². The number of benzene rings is 1. The predicted octanol–water partition coefficient (Wildman–Crippen LogP) is 3.73. The summed E-state index contributed by atoms with van der Waals surface area (Å²) in [6, 6.07) is 9.17. The van der Waals surface area contributed by atoms with Crippen molar-refractivity contribution in [2.24, 2.45) is 0 Å². The molecule has 0 fully saturated rings. The van der Waals surface area contributed by atoms with E-state index in [-0.39, 0.29) is 12.3 Å². The number of hydrogen-bond acceptors (Lipinski definition) is 5. The molecule has 0 saturated heterocycles. The minimum Gasteiger partial charge on any atom is -0.365 e. The Morgan fingerprint density at radius 3 is 2.52 bits per heavy atom. The number of carbonyl (C=O) groups excluding carboxylic acids is 1. The zero-order valence-electron chi connectivity index (χ0n) is 12.3. The zero-order chi connectivity index (χ0) is 15.7. The number of thiazole rings is 1. The fourth-order valence-electron chi connectivity index (χ4n) is 1.52. The first-order valence-corrected chi connectivity index (χ1v) is 7.51. The van der Waals surface area contributed by atoms with Crippen LogP contribution in [0.3, 0.4) is 0 Å². The summed E-state index contributed by atoms with van der Waals surface area (Å²) in [6.45, 7) is 4.00. The summed E-state index contributed by atoms with van der Waals surface area (Å²) in [7, 11) is 1.83. The Balaban J connectivity index is 0.00000106. The second-order valence-corrected chi connectivity index (χ2v) is 4.61.